The van der Waals surface area contributed by atoms with E-state index in [1.807, 2.05) is 29.0 Å². The Balaban J connectivity index is 1.58. The van der Waals surface area contributed by atoms with Crippen LogP contribution in [0.15, 0.2) is 36.9 Å². The highest BCUT2D eigenvalue weighted by Crippen LogP contribution is 2.22. The molecule has 0 spiro atoms. The quantitative estimate of drug-likeness (QED) is 0.866. The molecule has 0 aliphatic carbocycles. The average molecular weight is 256 g/mol. The molecule has 0 unspecified atom stereocenters. The first kappa shape index (κ1) is 11.8. The Labute approximate surface area is 111 Å². The number of nitrogens with zero attached hydrogens (tertiary/aromatic N) is 2. The topological polar surface area (TPSA) is 59.0 Å². The molecule has 2 N–H and O–H groups in total. The molecule has 0 saturated carbocycles. The molecule has 1 amide bonds. The van der Waals surface area contributed by atoms with Crippen molar-refractivity contribution in [1.29, 1.82) is 0 Å². The summed E-state index contributed by atoms with van der Waals surface area (Å²) < 4.78 is 1.94. The highest BCUT2D eigenvalue weighted by Gasteiger charge is 2.12. The van der Waals surface area contributed by atoms with Gasteiger partial charge in [-0.05, 0) is 30.2 Å². The molecule has 1 aliphatic rings. The first-order valence-electron chi connectivity index (χ1n) is 6.44. The number of fused-ring (bicyclic) bond motifs is 1. The minimum atomic E-state index is -0.0187. The molecule has 0 bridgehead atoms. The zero-order valence-corrected chi connectivity index (χ0v) is 10.6. The van der Waals surface area contributed by atoms with E-state index < -0.39 is 0 Å². The average Bonchev–Trinajstić information content (AvgIpc) is 3.08. The van der Waals surface area contributed by atoms with E-state index in [1.54, 1.807) is 12.5 Å². The van der Waals surface area contributed by atoms with E-state index in [2.05, 4.69) is 15.6 Å². The van der Waals surface area contributed by atoms with Crippen LogP contribution in [0.25, 0.3) is 0 Å². The molecule has 98 valence electrons. The fourth-order valence-electron chi connectivity index (χ4n) is 2.27. The van der Waals surface area contributed by atoms with Crippen LogP contribution in [-0.2, 0) is 13.0 Å². The Morgan fingerprint density at radius 2 is 2.42 bits per heavy atom. The van der Waals surface area contributed by atoms with Crippen LogP contribution in [0.5, 0.6) is 0 Å². The fourth-order valence-corrected chi connectivity index (χ4v) is 2.27. The van der Waals surface area contributed by atoms with Crippen LogP contribution in [0.4, 0.5) is 5.69 Å². The highest BCUT2D eigenvalue weighted by molar-refractivity contribution is 5.95. The number of nitrogens with one attached hydrogen (secondary N) is 2. The van der Waals surface area contributed by atoms with Gasteiger partial charge in [0.15, 0.2) is 0 Å². The van der Waals surface area contributed by atoms with Crippen molar-refractivity contribution in [2.45, 2.75) is 13.0 Å². The normalized spacial score (nSPS) is 12.8. The van der Waals surface area contributed by atoms with E-state index in [0.717, 1.165) is 30.8 Å². The van der Waals surface area contributed by atoms with Gasteiger partial charge in [0.2, 0.25) is 0 Å². The Bertz CT molecular complexity index is 577. The molecule has 1 aromatic carbocycles. The van der Waals surface area contributed by atoms with Gasteiger partial charge in [0.05, 0.1) is 6.33 Å². The molecule has 5 nitrogen and oxygen atoms in total. The Morgan fingerprint density at radius 3 is 3.26 bits per heavy atom. The van der Waals surface area contributed by atoms with Gasteiger partial charge in [0, 0.05) is 43.3 Å². The zero-order valence-electron chi connectivity index (χ0n) is 10.6. The molecular weight excluding hydrogens is 240 g/mol. The van der Waals surface area contributed by atoms with Crippen molar-refractivity contribution < 1.29 is 4.79 Å². The number of rotatable bonds is 4. The van der Waals surface area contributed by atoms with Crippen molar-refractivity contribution in [2.75, 3.05) is 18.4 Å². The number of benzene rings is 1. The summed E-state index contributed by atoms with van der Waals surface area (Å²) >= 11 is 0. The van der Waals surface area contributed by atoms with Crippen LogP contribution in [-0.4, -0.2) is 28.5 Å². The maximum atomic E-state index is 12.0. The molecule has 0 radical (unpaired) electrons. The number of anilines is 1. The third kappa shape index (κ3) is 2.59. The van der Waals surface area contributed by atoms with Gasteiger partial charge in [0.1, 0.15) is 0 Å². The van der Waals surface area contributed by atoms with Gasteiger partial charge < -0.3 is 15.2 Å². The van der Waals surface area contributed by atoms with Crippen molar-refractivity contribution in [3.8, 4) is 0 Å². The lowest BCUT2D eigenvalue weighted by Gasteiger charge is -2.07. The fraction of sp³-hybridized carbons (Fsp3) is 0.286. The van der Waals surface area contributed by atoms with Crippen LogP contribution < -0.4 is 10.6 Å². The summed E-state index contributed by atoms with van der Waals surface area (Å²) in [5, 5.41) is 6.21. The lowest BCUT2D eigenvalue weighted by atomic mass is 10.1. The Kier molecular flexibility index (Phi) is 3.18. The Morgan fingerprint density at radius 1 is 1.47 bits per heavy atom. The number of hydrogen-bond donors (Lipinski definition) is 2. The summed E-state index contributed by atoms with van der Waals surface area (Å²) in [6.45, 7) is 2.30. The van der Waals surface area contributed by atoms with Crippen molar-refractivity contribution >= 4 is 11.6 Å². The van der Waals surface area contributed by atoms with Crippen molar-refractivity contribution in [3.05, 3.63) is 48.0 Å². The monoisotopic (exact) mass is 256 g/mol. The van der Waals surface area contributed by atoms with Gasteiger partial charge in [-0.1, -0.05) is 0 Å². The van der Waals surface area contributed by atoms with Gasteiger partial charge in [-0.15, -0.1) is 0 Å². The van der Waals surface area contributed by atoms with Gasteiger partial charge in [-0.3, -0.25) is 4.79 Å². The smallest absolute Gasteiger partial charge is 0.251 e. The number of hydrogen-bond acceptors (Lipinski definition) is 3. The van der Waals surface area contributed by atoms with Crippen LogP contribution in [0.2, 0.25) is 0 Å². The van der Waals surface area contributed by atoms with Crippen LogP contribution >= 0.6 is 0 Å². The molecule has 0 atom stereocenters. The maximum absolute atomic E-state index is 12.0. The maximum Gasteiger partial charge on any atom is 0.251 e. The summed E-state index contributed by atoms with van der Waals surface area (Å²) in [6, 6.07) is 5.82. The van der Waals surface area contributed by atoms with E-state index in [1.165, 1.54) is 5.56 Å². The first-order valence-corrected chi connectivity index (χ1v) is 6.44. The van der Waals surface area contributed by atoms with Gasteiger partial charge >= 0.3 is 0 Å². The number of carbonyl (C=O) groups is 1. The molecular formula is C14H16N4O. The number of amides is 1. The molecule has 2 aromatic rings. The number of imidazole rings is 1. The summed E-state index contributed by atoms with van der Waals surface area (Å²) in [5.74, 6) is -0.0187. The van der Waals surface area contributed by atoms with Gasteiger partial charge in [-0.2, -0.15) is 0 Å². The summed E-state index contributed by atoms with van der Waals surface area (Å²) in [6.07, 6.45) is 6.35. The minimum absolute atomic E-state index is 0.0187. The summed E-state index contributed by atoms with van der Waals surface area (Å²) in [7, 11) is 0. The van der Waals surface area contributed by atoms with Crippen LogP contribution in [0.1, 0.15) is 15.9 Å². The molecule has 0 fully saturated rings. The van der Waals surface area contributed by atoms with E-state index in [4.69, 9.17) is 0 Å². The molecule has 2 heterocycles. The van der Waals surface area contributed by atoms with E-state index in [-0.39, 0.29) is 5.91 Å². The molecule has 19 heavy (non-hydrogen) atoms. The molecule has 3 rings (SSSR count). The summed E-state index contributed by atoms with van der Waals surface area (Å²) in [4.78, 5) is 16.0. The van der Waals surface area contributed by atoms with E-state index in [9.17, 15) is 4.79 Å². The molecule has 5 heteroatoms. The lowest BCUT2D eigenvalue weighted by Crippen LogP contribution is -2.27. The SMILES string of the molecule is O=C(NCCn1ccnc1)c1ccc2c(c1)CCN2. The largest absolute Gasteiger partial charge is 0.384 e. The highest BCUT2D eigenvalue weighted by atomic mass is 16.1. The second-order valence-corrected chi connectivity index (χ2v) is 4.61. The predicted octanol–water partition coefficient (Wildman–Crippen LogP) is 1.28. The second kappa shape index (κ2) is 5.14. The predicted molar refractivity (Wildman–Crippen MR) is 73.2 cm³/mol. The minimum Gasteiger partial charge on any atom is -0.384 e. The first-order chi connectivity index (χ1) is 9.33. The standard InChI is InChI=1S/C14H16N4O/c19-14(17-6-8-18-7-5-15-10-18)12-1-2-13-11(9-12)3-4-16-13/h1-2,5,7,9-10,16H,3-4,6,8H2,(H,17,19). The molecule has 0 saturated heterocycles. The van der Waals surface area contributed by atoms with Gasteiger partial charge in [-0.25, -0.2) is 4.98 Å². The Hall–Kier alpha value is -2.30. The molecule has 1 aromatic heterocycles. The van der Waals surface area contributed by atoms with Crippen molar-refractivity contribution in [3.63, 3.8) is 0 Å². The molecule has 1 aliphatic heterocycles. The van der Waals surface area contributed by atoms with Crippen molar-refractivity contribution in [1.82, 2.24) is 14.9 Å². The van der Waals surface area contributed by atoms with E-state index >= 15 is 0 Å². The van der Waals surface area contributed by atoms with Crippen LogP contribution in [0.3, 0.4) is 0 Å². The number of carbonyl (C=O) groups excluding carboxylic acids is 1. The van der Waals surface area contributed by atoms with Crippen molar-refractivity contribution in [2.24, 2.45) is 0 Å². The third-order valence-electron chi connectivity index (χ3n) is 3.29. The zero-order chi connectivity index (χ0) is 13.1. The number of aromatic nitrogens is 2. The van der Waals surface area contributed by atoms with Crippen LogP contribution in [0, 0.1) is 0 Å². The second-order valence-electron chi connectivity index (χ2n) is 4.61. The lowest BCUT2D eigenvalue weighted by molar-refractivity contribution is 0.0952. The van der Waals surface area contributed by atoms with E-state index in [0.29, 0.717) is 6.54 Å². The third-order valence-corrected chi connectivity index (χ3v) is 3.29. The van der Waals surface area contributed by atoms with Gasteiger partial charge in [0.25, 0.3) is 5.91 Å². The summed E-state index contributed by atoms with van der Waals surface area (Å²) in [5.41, 5.74) is 3.10.